The molecule has 10 rings (SSSR count). The Kier molecular flexibility index (Phi) is 7.40. The molecule has 0 aliphatic rings. The summed E-state index contributed by atoms with van der Waals surface area (Å²) in [4.78, 5) is 15.3. The molecule has 2 heterocycles. The molecule has 10 aromatic rings. The fourth-order valence-corrected chi connectivity index (χ4v) is 8.79. The maximum atomic E-state index is 5.18. The molecule has 0 radical (unpaired) electrons. The second kappa shape index (κ2) is 12.7. The Morgan fingerprint density at radius 1 is 0.404 bits per heavy atom. The first-order valence-electron chi connectivity index (χ1n) is 17.6. The predicted octanol–water partition coefficient (Wildman–Crippen LogP) is 12.7. The quantitative estimate of drug-likeness (QED) is 0.164. The summed E-state index contributed by atoms with van der Waals surface area (Å²) in [5.74, 6) is 1.98. The van der Waals surface area contributed by atoms with E-state index in [2.05, 4.69) is 146 Å². The summed E-state index contributed by atoms with van der Waals surface area (Å²) in [6.45, 7) is 0. The van der Waals surface area contributed by atoms with Crippen molar-refractivity contribution in [3.63, 3.8) is 0 Å². The van der Waals surface area contributed by atoms with Crippen molar-refractivity contribution in [3.8, 4) is 34.2 Å². The van der Waals surface area contributed by atoms with Gasteiger partial charge in [-0.05, 0) is 44.3 Å². The fraction of sp³-hybridized carbons (Fsp3) is 0.0208. The molecule has 2 aromatic heterocycles. The number of thiophene rings is 1. The van der Waals surface area contributed by atoms with Crippen LogP contribution in [0, 0.1) is 0 Å². The Balaban J connectivity index is 1.25. The van der Waals surface area contributed by atoms with Crippen molar-refractivity contribution in [2.45, 2.75) is 5.92 Å². The molecule has 0 aliphatic heterocycles. The number of benzene rings is 8. The number of aromatic nitrogens is 3. The van der Waals surface area contributed by atoms with Gasteiger partial charge in [0.2, 0.25) is 0 Å². The molecule has 0 bridgehead atoms. The Labute approximate surface area is 305 Å². The van der Waals surface area contributed by atoms with E-state index in [0.717, 1.165) is 16.7 Å². The van der Waals surface area contributed by atoms with E-state index in [0.29, 0.717) is 17.5 Å². The van der Waals surface area contributed by atoms with E-state index in [9.17, 15) is 0 Å². The van der Waals surface area contributed by atoms with Crippen molar-refractivity contribution in [2.75, 3.05) is 0 Å². The van der Waals surface area contributed by atoms with Gasteiger partial charge in [0.25, 0.3) is 0 Å². The van der Waals surface area contributed by atoms with Crippen molar-refractivity contribution < 1.29 is 0 Å². The second-order valence-corrected chi connectivity index (χ2v) is 14.2. The van der Waals surface area contributed by atoms with E-state index >= 15 is 0 Å². The molecule has 0 saturated carbocycles. The van der Waals surface area contributed by atoms with Crippen molar-refractivity contribution >= 4 is 53.1 Å². The van der Waals surface area contributed by atoms with Gasteiger partial charge in [0.1, 0.15) is 0 Å². The van der Waals surface area contributed by atoms with Crippen LogP contribution < -0.4 is 0 Å². The van der Waals surface area contributed by atoms with E-state index < -0.39 is 0 Å². The van der Waals surface area contributed by atoms with Gasteiger partial charge in [-0.3, -0.25) is 0 Å². The minimum absolute atomic E-state index is 0.00283. The zero-order valence-corrected chi connectivity index (χ0v) is 29.0. The van der Waals surface area contributed by atoms with Crippen LogP contribution in [0.2, 0.25) is 0 Å². The van der Waals surface area contributed by atoms with E-state index in [4.69, 9.17) is 15.0 Å². The van der Waals surface area contributed by atoms with Gasteiger partial charge < -0.3 is 0 Å². The minimum atomic E-state index is -0.00283. The summed E-state index contributed by atoms with van der Waals surface area (Å²) in [6.07, 6.45) is 0. The first-order chi connectivity index (χ1) is 25.8. The largest absolute Gasteiger partial charge is 0.208 e. The molecule has 0 fully saturated rings. The third kappa shape index (κ3) is 5.33. The maximum Gasteiger partial charge on any atom is 0.164 e. The normalized spacial score (nSPS) is 11.6. The summed E-state index contributed by atoms with van der Waals surface area (Å²) < 4.78 is 2.48. The van der Waals surface area contributed by atoms with Crippen LogP contribution in [0.15, 0.2) is 182 Å². The highest BCUT2D eigenvalue weighted by Gasteiger charge is 2.25. The number of hydrogen-bond donors (Lipinski definition) is 0. The van der Waals surface area contributed by atoms with E-state index in [1.165, 1.54) is 58.4 Å². The molecule has 0 amide bonds. The van der Waals surface area contributed by atoms with Crippen LogP contribution in [0.1, 0.15) is 22.6 Å². The molecule has 3 nitrogen and oxygen atoms in total. The maximum absolute atomic E-state index is 5.18. The molecule has 8 aromatic carbocycles. The number of hydrogen-bond acceptors (Lipinski definition) is 4. The molecule has 244 valence electrons. The zero-order chi connectivity index (χ0) is 34.4. The third-order valence-corrected chi connectivity index (χ3v) is 11.2. The first kappa shape index (κ1) is 30.3. The number of rotatable bonds is 6. The lowest BCUT2D eigenvalue weighted by molar-refractivity contribution is 0.997. The SMILES string of the molecule is c1ccc(-c2nc(-c3ccccc3)nc(-c3ccc(C(c4ccc5ccccc5c4)c4ccc5ccccc5c4)c4sc5ccccc5c34)n2)cc1. The molecule has 4 heteroatoms. The monoisotopic (exact) mass is 681 g/mol. The highest BCUT2D eigenvalue weighted by molar-refractivity contribution is 7.26. The van der Waals surface area contributed by atoms with Crippen LogP contribution in [-0.2, 0) is 0 Å². The van der Waals surface area contributed by atoms with Gasteiger partial charge >= 0.3 is 0 Å². The van der Waals surface area contributed by atoms with Crippen molar-refractivity contribution in [1.82, 2.24) is 15.0 Å². The van der Waals surface area contributed by atoms with E-state index in [-0.39, 0.29) is 5.92 Å². The standard InChI is InChI=1S/C48H31N3S/c1-3-15-33(16-4-1)46-49-47(34-17-5-2-6-18-34)51-48(50-46)41-28-27-40(45-44(41)39-21-11-12-22-42(39)52-45)43(37-25-23-31-13-7-9-19-35(31)29-37)38-26-24-32-14-8-10-20-36(32)30-38/h1-30,43H. The van der Waals surface area contributed by atoms with Crippen LogP contribution in [0.25, 0.3) is 75.9 Å². The second-order valence-electron chi connectivity index (χ2n) is 13.2. The summed E-state index contributed by atoms with van der Waals surface area (Å²) in [5, 5.41) is 7.34. The zero-order valence-electron chi connectivity index (χ0n) is 28.1. The van der Waals surface area contributed by atoms with Crippen molar-refractivity contribution in [1.29, 1.82) is 0 Å². The smallest absolute Gasteiger partial charge is 0.164 e. The van der Waals surface area contributed by atoms with E-state index in [1.54, 1.807) is 0 Å². The molecule has 52 heavy (non-hydrogen) atoms. The Morgan fingerprint density at radius 2 is 0.904 bits per heavy atom. The van der Waals surface area contributed by atoms with Crippen LogP contribution in [-0.4, -0.2) is 15.0 Å². The highest BCUT2D eigenvalue weighted by atomic mass is 32.1. The van der Waals surface area contributed by atoms with Gasteiger partial charge in [-0.25, -0.2) is 15.0 Å². The van der Waals surface area contributed by atoms with Crippen LogP contribution >= 0.6 is 11.3 Å². The predicted molar refractivity (Wildman–Crippen MR) is 218 cm³/mol. The molecular formula is C48H31N3S. The minimum Gasteiger partial charge on any atom is -0.208 e. The molecule has 0 saturated heterocycles. The lowest BCUT2D eigenvalue weighted by Crippen LogP contribution is -2.05. The Morgan fingerprint density at radius 3 is 1.50 bits per heavy atom. The average molecular weight is 682 g/mol. The summed E-state index contributed by atoms with van der Waals surface area (Å²) in [7, 11) is 0. The van der Waals surface area contributed by atoms with Crippen molar-refractivity contribution in [3.05, 3.63) is 199 Å². The summed E-state index contributed by atoms with van der Waals surface area (Å²) >= 11 is 1.85. The summed E-state index contributed by atoms with van der Waals surface area (Å²) in [5.41, 5.74) is 6.71. The summed E-state index contributed by atoms with van der Waals surface area (Å²) in [6, 6.07) is 64.8. The van der Waals surface area contributed by atoms with Crippen LogP contribution in [0.5, 0.6) is 0 Å². The lowest BCUT2D eigenvalue weighted by Gasteiger charge is -2.22. The molecule has 0 unspecified atom stereocenters. The lowest BCUT2D eigenvalue weighted by atomic mass is 9.82. The van der Waals surface area contributed by atoms with Gasteiger partial charge in [-0.1, -0.05) is 176 Å². The molecule has 0 atom stereocenters. The first-order valence-corrected chi connectivity index (χ1v) is 18.4. The van der Waals surface area contributed by atoms with Crippen LogP contribution in [0.4, 0.5) is 0 Å². The van der Waals surface area contributed by atoms with Gasteiger partial charge in [0, 0.05) is 42.8 Å². The fourth-order valence-electron chi connectivity index (χ4n) is 7.52. The van der Waals surface area contributed by atoms with Gasteiger partial charge in [0.15, 0.2) is 17.5 Å². The van der Waals surface area contributed by atoms with Gasteiger partial charge in [-0.2, -0.15) is 0 Å². The number of fused-ring (bicyclic) bond motifs is 5. The molecular weight excluding hydrogens is 651 g/mol. The van der Waals surface area contributed by atoms with Crippen molar-refractivity contribution in [2.24, 2.45) is 0 Å². The van der Waals surface area contributed by atoms with E-state index in [1.807, 2.05) is 47.7 Å². The Bertz CT molecular complexity index is 2780. The highest BCUT2D eigenvalue weighted by Crippen LogP contribution is 2.46. The number of nitrogens with zero attached hydrogens (tertiary/aromatic N) is 3. The molecule has 0 aliphatic carbocycles. The Hall–Kier alpha value is -6.49. The molecule has 0 spiro atoms. The van der Waals surface area contributed by atoms with Crippen LogP contribution in [0.3, 0.4) is 0 Å². The van der Waals surface area contributed by atoms with Gasteiger partial charge in [-0.15, -0.1) is 11.3 Å². The molecule has 0 N–H and O–H groups in total. The topological polar surface area (TPSA) is 38.7 Å². The average Bonchev–Trinajstić information content (AvgIpc) is 3.61. The van der Waals surface area contributed by atoms with Gasteiger partial charge in [0.05, 0.1) is 0 Å². The third-order valence-electron chi connectivity index (χ3n) is 10.0.